The van der Waals surface area contributed by atoms with Gasteiger partial charge in [0.15, 0.2) is 16.8 Å². The van der Waals surface area contributed by atoms with Crippen molar-refractivity contribution in [2.45, 2.75) is 49.6 Å². The van der Waals surface area contributed by atoms with Gasteiger partial charge in [0.1, 0.15) is 5.69 Å². The summed E-state index contributed by atoms with van der Waals surface area (Å²) in [5.41, 5.74) is 4.83. The van der Waals surface area contributed by atoms with Crippen LogP contribution in [0.25, 0.3) is 0 Å². The highest BCUT2D eigenvalue weighted by Gasteiger charge is 2.42. The Morgan fingerprint density at radius 2 is 1.90 bits per heavy atom. The second-order valence-corrected chi connectivity index (χ2v) is 10.8. The summed E-state index contributed by atoms with van der Waals surface area (Å²) < 4.78 is 27.8. The van der Waals surface area contributed by atoms with Gasteiger partial charge in [-0.05, 0) is 11.6 Å². The van der Waals surface area contributed by atoms with Crippen molar-refractivity contribution in [3.05, 3.63) is 34.9 Å². The fourth-order valence-corrected chi connectivity index (χ4v) is 4.51. The van der Waals surface area contributed by atoms with Gasteiger partial charge in [0.2, 0.25) is 0 Å². The molecular formula is C20H25ClF2N6S. The Labute approximate surface area is 184 Å². The molecule has 2 aromatic rings. The first kappa shape index (κ1) is 21.4. The number of hydrogen-bond donors (Lipinski definition) is 1. The summed E-state index contributed by atoms with van der Waals surface area (Å²) in [6.45, 7) is 6.62. The lowest BCUT2D eigenvalue weighted by Crippen LogP contribution is -2.38. The predicted octanol–water partition coefficient (Wildman–Crippen LogP) is 5.06. The van der Waals surface area contributed by atoms with Gasteiger partial charge < -0.3 is 4.90 Å². The van der Waals surface area contributed by atoms with Crippen molar-refractivity contribution in [2.75, 3.05) is 35.5 Å². The van der Waals surface area contributed by atoms with E-state index >= 15 is 0 Å². The van der Waals surface area contributed by atoms with Crippen molar-refractivity contribution in [3.8, 4) is 0 Å². The molecule has 1 N–H and O–H groups in total. The van der Waals surface area contributed by atoms with Crippen molar-refractivity contribution < 1.29 is 8.78 Å². The molecule has 0 spiro atoms. The molecule has 1 aromatic carbocycles. The molecule has 0 amide bonds. The number of nitrogens with one attached hydrogen (secondary N) is 1. The van der Waals surface area contributed by atoms with Gasteiger partial charge in [-0.25, -0.2) is 18.7 Å². The molecule has 6 nitrogen and oxygen atoms in total. The summed E-state index contributed by atoms with van der Waals surface area (Å²) in [7, 11) is 1.86. The molecule has 0 saturated carbocycles. The number of thioether (sulfide) groups is 1. The number of anilines is 3. The van der Waals surface area contributed by atoms with E-state index in [9.17, 15) is 8.78 Å². The molecule has 3 heterocycles. The molecule has 0 atom stereocenters. The summed E-state index contributed by atoms with van der Waals surface area (Å²) in [6.07, 6.45) is -0.174. The third-order valence-corrected chi connectivity index (χ3v) is 6.22. The maximum Gasteiger partial charge on any atom is 0.266 e. The zero-order valence-corrected chi connectivity index (χ0v) is 19.0. The van der Waals surface area contributed by atoms with E-state index in [1.165, 1.54) is 11.8 Å². The van der Waals surface area contributed by atoms with Crippen LogP contribution >= 0.6 is 23.4 Å². The first-order valence-electron chi connectivity index (χ1n) is 9.77. The number of rotatable bonds is 4. The Hall–Kier alpha value is -1.84. The first-order valence-corrected chi connectivity index (χ1v) is 11.0. The first-order chi connectivity index (χ1) is 14.0. The Morgan fingerprint density at radius 3 is 2.53 bits per heavy atom. The van der Waals surface area contributed by atoms with Crippen LogP contribution in [-0.2, 0) is 6.54 Å². The van der Waals surface area contributed by atoms with Crippen LogP contribution in [0.15, 0.2) is 29.4 Å². The van der Waals surface area contributed by atoms with Crippen molar-refractivity contribution in [3.63, 3.8) is 0 Å². The van der Waals surface area contributed by atoms with Crippen LogP contribution in [0, 0.1) is 0 Å². The number of hydrogen-bond acceptors (Lipinski definition) is 7. The zero-order chi connectivity index (χ0) is 21.7. The average molecular weight is 455 g/mol. The molecule has 0 bridgehead atoms. The summed E-state index contributed by atoms with van der Waals surface area (Å²) in [6, 6.07) is 7.63. The smallest absolute Gasteiger partial charge is 0.266 e. The Kier molecular flexibility index (Phi) is 5.48. The molecule has 1 aromatic heterocycles. The third kappa shape index (κ3) is 4.43. The van der Waals surface area contributed by atoms with Crippen LogP contribution in [0.3, 0.4) is 0 Å². The molecule has 4 rings (SSSR count). The fourth-order valence-electron chi connectivity index (χ4n) is 3.50. The lowest BCUT2D eigenvalue weighted by atomic mass is 10.2. The zero-order valence-electron chi connectivity index (χ0n) is 17.4. The average Bonchev–Trinajstić information content (AvgIpc) is 3.14. The van der Waals surface area contributed by atoms with Crippen LogP contribution < -0.4 is 15.3 Å². The van der Waals surface area contributed by atoms with E-state index in [4.69, 9.17) is 16.6 Å². The largest absolute Gasteiger partial charge is 0.348 e. The van der Waals surface area contributed by atoms with Crippen molar-refractivity contribution in [1.82, 2.24) is 15.1 Å². The standard InChI is InChI=1S/C20H25ClF2N6S/c1-19(2,3)30-18-24-16(28-10-9-20(22,23)12-28)15-17(25-18)29(27(4)26-15)11-13-7-5-6-8-14(13)21/h5-8,26H,9-12H2,1-4H3. The van der Waals surface area contributed by atoms with Gasteiger partial charge in [0, 0.05) is 29.8 Å². The van der Waals surface area contributed by atoms with E-state index < -0.39 is 5.92 Å². The van der Waals surface area contributed by atoms with Crippen LogP contribution in [0.4, 0.5) is 26.1 Å². The number of nitrogens with zero attached hydrogens (tertiary/aromatic N) is 5. The number of hydrazine groups is 2. The molecule has 2 aliphatic heterocycles. The summed E-state index contributed by atoms with van der Waals surface area (Å²) in [4.78, 5) is 11.1. The Morgan fingerprint density at radius 1 is 1.20 bits per heavy atom. The number of fused-ring (bicyclic) bond motifs is 1. The molecule has 10 heteroatoms. The molecular weight excluding hydrogens is 430 g/mol. The van der Waals surface area contributed by atoms with Crippen LogP contribution in [0.5, 0.6) is 0 Å². The fraction of sp³-hybridized carbons (Fsp3) is 0.500. The highest BCUT2D eigenvalue weighted by atomic mass is 35.5. The Balaban J connectivity index is 1.75. The molecule has 0 aliphatic carbocycles. The van der Waals surface area contributed by atoms with Crippen LogP contribution in [0.1, 0.15) is 32.8 Å². The minimum atomic E-state index is -2.71. The highest BCUT2D eigenvalue weighted by molar-refractivity contribution is 8.00. The molecule has 1 fully saturated rings. The SMILES string of the molecule is CN1Nc2c(N3CCC(F)(F)C3)nc(SC(C)(C)C)nc2N1Cc1ccccc1Cl. The van der Waals surface area contributed by atoms with E-state index in [1.54, 1.807) is 10.0 Å². The third-order valence-electron chi connectivity index (χ3n) is 4.88. The van der Waals surface area contributed by atoms with Crippen molar-refractivity contribution in [2.24, 2.45) is 0 Å². The second kappa shape index (κ2) is 7.69. The molecule has 30 heavy (non-hydrogen) atoms. The minimum Gasteiger partial charge on any atom is -0.348 e. The summed E-state index contributed by atoms with van der Waals surface area (Å²) >= 11 is 7.89. The van der Waals surface area contributed by atoms with E-state index in [0.29, 0.717) is 34.0 Å². The van der Waals surface area contributed by atoms with Crippen LogP contribution in [0.2, 0.25) is 5.02 Å². The van der Waals surface area contributed by atoms with Gasteiger partial charge in [-0.2, -0.15) is 0 Å². The topological polar surface area (TPSA) is 47.5 Å². The number of alkyl halides is 2. The quantitative estimate of drug-likeness (QED) is 0.511. The van der Waals surface area contributed by atoms with Crippen molar-refractivity contribution >= 4 is 40.7 Å². The molecule has 0 radical (unpaired) electrons. The Bertz CT molecular complexity index is 951. The summed E-state index contributed by atoms with van der Waals surface area (Å²) in [5, 5.41) is 4.97. The van der Waals surface area contributed by atoms with E-state index in [2.05, 4.69) is 31.2 Å². The van der Waals surface area contributed by atoms with Gasteiger partial charge in [0.05, 0.1) is 13.1 Å². The second-order valence-electron chi connectivity index (χ2n) is 8.55. The van der Waals surface area contributed by atoms with Gasteiger partial charge in [-0.3, -0.25) is 10.4 Å². The molecule has 162 valence electrons. The van der Waals surface area contributed by atoms with Gasteiger partial charge in [-0.15, -0.1) is 5.12 Å². The van der Waals surface area contributed by atoms with E-state index in [-0.39, 0.29) is 24.3 Å². The van der Waals surface area contributed by atoms with Gasteiger partial charge in [-0.1, -0.05) is 62.3 Å². The maximum absolute atomic E-state index is 13.9. The lowest BCUT2D eigenvalue weighted by Gasteiger charge is -2.25. The van der Waals surface area contributed by atoms with Gasteiger partial charge in [0.25, 0.3) is 5.92 Å². The van der Waals surface area contributed by atoms with Gasteiger partial charge >= 0.3 is 0 Å². The number of benzene rings is 1. The summed E-state index contributed by atoms with van der Waals surface area (Å²) in [5.74, 6) is -1.54. The van der Waals surface area contributed by atoms with E-state index in [1.807, 2.05) is 36.3 Å². The monoisotopic (exact) mass is 454 g/mol. The number of aromatic nitrogens is 2. The molecule has 1 saturated heterocycles. The normalized spacial score (nSPS) is 18.6. The minimum absolute atomic E-state index is 0.119. The van der Waals surface area contributed by atoms with Crippen molar-refractivity contribution in [1.29, 1.82) is 0 Å². The molecule has 0 unspecified atom stereocenters. The maximum atomic E-state index is 13.9. The van der Waals surface area contributed by atoms with E-state index in [0.717, 1.165) is 5.56 Å². The lowest BCUT2D eigenvalue weighted by molar-refractivity contribution is 0.0256. The molecule has 2 aliphatic rings. The predicted molar refractivity (Wildman–Crippen MR) is 118 cm³/mol. The number of halogens is 3. The van der Waals surface area contributed by atoms with Crippen LogP contribution in [-0.4, -0.2) is 45.9 Å². The highest BCUT2D eigenvalue weighted by Crippen LogP contribution is 2.44.